The van der Waals surface area contributed by atoms with Gasteiger partial charge in [-0.25, -0.2) is 0 Å². The molecule has 1 aliphatic rings. The first-order valence-corrected chi connectivity index (χ1v) is 9.50. The van der Waals surface area contributed by atoms with E-state index < -0.39 is 0 Å². The van der Waals surface area contributed by atoms with Gasteiger partial charge in [0.05, 0.1) is 10.0 Å². The van der Waals surface area contributed by atoms with Crippen LogP contribution in [0.25, 0.3) is 0 Å². The Balaban J connectivity index is 1.55. The van der Waals surface area contributed by atoms with Crippen LogP contribution in [0.2, 0.25) is 10.0 Å². The summed E-state index contributed by atoms with van der Waals surface area (Å²) < 4.78 is 5.87. The van der Waals surface area contributed by atoms with Crippen LogP contribution >= 0.6 is 23.2 Å². The van der Waals surface area contributed by atoms with Gasteiger partial charge in [0.2, 0.25) is 0 Å². The molecule has 0 bridgehead atoms. The summed E-state index contributed by atoms with van der Waals surface area (Å²) in [7, 11) is 0. The molecule has 1 aromatic heterocycles. The molecule has 4 rings (SSSR count). The highest BCUT2D eigenvalue weighted by Gasteiger charge is 2.25. The Morgan fingerprint density at radius 1 is 1.14 bits per heavy atom. The van der Waals surface area contributed by atoms with Gasteiger partial charge < -0.3 is 15.4 Å². The van der Waals surface area contributed by atoms with Crippen molar-refractivity contribution in [2.24, 2.45) is 0 Å². The molecule has 2 heterocycles. The fraction of sp³-hybridized carbons (Fsp3) is 0.143. The zero-order chi connectivity index (χ0) is 19.7. The van der Waals surface area contributed by atoms with Gasteiger partial charge >= 0.3 is 0 Å². The number of ether oxygens (including phenoxy) is 1. The van der Waals surface area contributed by atoms with Crippen LogP contribution in [0.4, 0.5) is 5.69 Å². The highest BCUT2D eigenvalue weighted by Crippen LogP contribution is 2.38. The first-order chi connectivity index (χ1) is 13.5. The predicted molar refractivity (Wildman–Crippen MR) is 110 cm³/mol. The second-order valence-electron chi connectivity index (χ2n) is 6.57. The Hall–Kier alpha value is -2.76. The number of amides is 1. The van der Waals surface area contributed by atoms with Crippen molar-refractivity contribution in [3.8, 4) is 11.5 Å². The maximum atomic E-state index is 12.8. The summed E-state index contributed by atoms with van der Waals surface area (Å²) in [6, 6.07) is 12.4. The Morgan fingerprint density at radius 2 is 1.93 bits per heavy atom. The molecule has 0 saturated carbocycles. The number of hydrogen-bond acceptors (Lipinski definition) is 4. The van der Waals surface area contributed by atoms with Crippen molar-refractivity contribution < 1.29 is 9.53 Å². The van der Waals surface area contributed by atoms with Gasteiger partial charge in [-0.05, 0) is 53.9 Å². The van der Waals surface area contributed by atoms with Gasteiger partial charge in [0.1, 0.15) is 5.75 Å². The quantitative estimate of drug-likeness (QED) is 0.613. The van der Waals surface area contributed by atoms with Gasteiger partial charge in [0.25, 0.3) is 5.91 Å². The third-order valence-electron chi connectivity index (χ3n) is 4.58. The van der Waals surface area contributed by atoms with Crippen LogP contribution in [0.3, 0.4) is 0 Å². The largest absolute Gasteiger partial charge is 0.454 e. The van der Waals surface area contributed by atoms with E-state index in [4.69, 9.17) is 33.7 Å². The van der Waals surface area contributed by atoms with Gasteiger partial charge in [-0.3, -0.25) is 9.78 Å². The molecule has 3 aromatic rings. The van der Waals surface area contributed by atoms with Crippen molar-refractivity contribution in [1.29, 1.82) is 0 Å². The van der Waals surface area contributed by atoms with E-state index in [0.29, 0.717) is 45.9 Å². The smallest absolute Gasteiger partial charge is 0.254 e. The number of rotatable bonds is 4. The normalized spacial score (nSPS) is 13.4. The summed E-state index contributed by atoms with van der Waals surface area (Å²) in [6.45, 7) is 1.18. The summed E-state index contributed by atoms with van der Waals surface area (Å²) in [5, 5.41) is 0.669. The van der Waals surface area contributed by atoms with Crippen molar-refractivity contribution in [1.82, 2.24) is 9.88 Å². The standard InChI is InChI=1S/C21H17Cl2N3O2/c22-18-9-15(24)10-19(23)20(18)28-16-3-4-17-14(8-16)5-7-26(21(17)27)12-13-2-1-6-25-11-13/h1-4,6,8-11H,5,7,12,24H2. The molecular formula is C21H17Cl2N3O2. The molecule has 0 atom stereocenters. The van der Waals surface area contributed by atoms with E-state index in [2.05, 4.69) is 4.98 Å². The van der Waals surface area contributed by atoms with Crippen molar-refractivity contribution >= 4 is 34.8 Å². The number of pyridine rings is 1. The van der Waals surface area contributed by atoms with Crippen LogP contribution in [-0.2, 0) is 13.0 Å². The fourth-order valence-electron chi connectivity index (χ4n) is 3.23. The topological polar surface area (TPSA) is 68.5 Å². The van der Waals surface area contributed by atoms with Gasteiger partial charge in [-0.2, -0.15) is 0 Å². The number of halogens is 2. The molecule has 0 radical (unpaired) electrons. The summed E-state index contributed by atoms with van der Waals surface area (Å²) in [4.78, 5) is 18.8. The molecule has 0 unspecified atom stereocenters. The molecular weight excluding hydrogens is 397 g/mol. The Labute approximate surface area is 172 Å². The van der Waals surface area contributed by atoms with Gasteiger partial charge in [-0.1, -0.05) is 29.3 Å². The number of carbonyl (C=O) groups is 1. The van der Waals surface area contributed by atoms with Crippen molar-refractivity contribution in [3.63, 3.8) is 0 Å². The highest BCUT2D eigenvalue weighted by molar-refractivity contribution is 6.37. The number of benzene rings is 2. The molecule has 0 spiro atoms. The lowest BCUT2D eigenvalue weighted by Gasteiger charge is -2.29. The number of nitrogens with two attached hydrogens (primary N) is 1. The number of fused-ring (bicyclic) bond motifs is 1. The zero-order valence-corrected chi connectivity index (χ0v) is 16.4. The predicted octanol–water partition coefficient (Wildman–Crippen LogP) is 4.96. The van der Waals surface area contributed by atoms with Crippen molar-refractivity contribution in [2.75, 3.05) is 12.3 Å². The molecule has 1 amide bonds. The van der Waals surface area contributed by atoms with Crippen LogP contribution in [0.15, 0.2) is 54.9 Å². The maximum Gasteiger partial charge on any atom is 0.254 e. The zero-order valence-electron chi connectivity index (χ0n) is 14.9. The first-order valence-electron chi connectivity index (χ1n) is 8.75. The van der Waals surface area contributed by atoms with E-state index in [-0.39, 0.29) is 5.91 Å². The first kappa shape index (κ1) is 18.6. The Morgan fingerprint density at radius 3 is 2.64 bits per heavy atom. The minimum atomic E-state index is 0.000188. The molecule has 0 fully saturated rings. The summed E-state index contributed by atoms with van der Waals surface area (Å²) in [5.74, 6) is 0.916. The minimum Gasteiger partial charge on any atom is -0.454 e. The number of aromatic nitrogens is 1. The van der Waals surface area contributed by atoms with Crippen LogP contribution in [0.1, 0.15) is 21.5 Å². The molecule has 28 heavy (non-hydrogen) atoms. The molecule has 2 aromatic carbocycles. The van der Waals surface area contributed by atoms with E-state index in [9.17, 15) is 4.79 Å². The lowest BCUT2D eigenvalue weighted by Crippen LogP contribution is -2.37. The van der Waals surface area contributed by atoms with Gasteiger partial charge in [-0.15, -0.1) is 0 Å². The molecule has 7 heteroatoms. The fourth-order valence-corrected chi connectivity index (χ4v) is 3.82. The average molecular weight is 414 g/mol. The molecule has 1 aliphatic heterocycles. The highest BCUT2D eigenvalue weighted by atomic mass is 35.5. The summed E-state index contributed by atoms with van der Waals surface area (Å²) in [6.07, 6.45) is 4.24. The number of carbonyl (C=O) groups excluding carboxylic acids is 1. The second-order valence-corrected chi connectivity index (χ2v) is 7.39. The Bertz CT molecular complexity index is 1020. The van der Waals surface area contributed by atoms with Gasteiger partial charge in [0, 0.05) is 36.7 Å². The number of hydrogen-bond donors (Lipinski definition) is 1. The average Bonchev–Trinajstić information content (AvgIpc) is 2.68. The van der Waals surface area contributed by atoms with Crippen LogP contribution in [0, 0.1) is 0 Å². The van der Waals surface area contributed by atoms with Gasteiger partial charge in [0.15, 0.2) is 5.75 Å². The van der Waals surface area contributed by atoms with E-state index in [1.165, 1.54) is 0 Å². The number of nitrogens with zero attached hydrogens (tertiary/aromatic N) is 2. The molecule has 0 aliphatic carbocycles. The monoisotopic (exact) mass is 413 g/mol. The summed E-state index contributed by atoms with van der Waals surface area (Å²) in [5.41, 5.74) is 8.81. The SMILES string of the molecule is Nc1cc(Cl)c(Oc2ccc3c(c2)CCN(Cc2cccnc2)C3=O)c(Cl)c1. The van der Waals surface area contributed by atoms with Crippen LogP contribution in [0.5, 0.6) is 11.5 Å². The van der Waals surface area contributed by atoms with Crippen molar-refractivity contribution in [3.05, 3.63) is 81.6 Å². The minimum absolute atomic E-state index is 0.000188. The van der Waals surface area contributed by atoms with E-state index in [1.54, 1.807) is 36.7 Å². The molecule has 2 N–H and O–H groups in total. The molecule has 0 saturated heterocycles. The van der Waals surface area contributed by atoms with E-state index >= 15 is 0 Å². The Kier molecular flexibility index (Phi) is 5.11. The van der Waals surface area contributed by atoms with Crippen LogP contribution in [-0.4, -0.2) is 22.3 Å². The number of nitrogen functional groups attached to an aromatic ring is 1. The number of anilines is 1. The second kappa shape index (κ2) is 7.70. The van der Waals surface area contributed by atoms with E-state index in [0.717, 1.165) is 17.5 Å². The lowest BCUT2D eigenvalue weighted by atomic mass is 9.98. The molecule has 142 valence electrons. The van der Waals surface area contributed by atoms with E-state index in [1.807, 2.05) is 23.1 Å². The van der Waals surface area contributed by atoms with Crippen LogP contribution < -0.4 is 10.5 Å². The third-order valence-corrected chi connectivity index (χ3v) is 5.14. The summed E-state index contributed by atoms with van der Waals surface area (Å²) >= 11 is 12.4. The molecule has 5 nitrogen and oxygen atoms in total. The lowest BCUT2D eigenvalue weighted by molar-refractivity contribution is 0.0727. The van der Waals surface area contributed by atoms with Crippen molar-refractivity contribution in [2.45, 2.75) is 13.0 Å². The maximum absolute atomic E-state index is 12.8. The third kappa shape index (κ3) is 3.77.